The summed E-state index contributed by atoms with van der Waals surface area (Å²) < 4.78 is 121. The molecule has 16 N–H and O–H groups in total. The van der Waals surface area contributed by atoms with E-state index in [2.05, 4.69) is 86.9 Å². The van der Waals surface area contributed by atoms with Crippen LogP contribution in [0.1, 0.15) is 108 Å². The fraction of sp³-hybridized carbons (Fsp3) is 0.645. The van der Waals surface area contributed by atoms with Gasteiger partial charge in [0.15, 0.2) is 41.5 Å². The van der Waals surface area contributed by atoms with Gasteiger partial charge in [-0.15, -0.1) is 0 Å². The number of hydrogen-bond donors (Lipinski definition) is 14. The van der Waals surface area contributed by atoms with E-state index in [1.54, 1.807) is 55.4 Å². The minimum absolute atomic E-state index is 0.0218. The second-order valence-electron chi connectivity index (χ2n) is 28.8. The van der Waals surface area contributed by atoms with Gasteiger partial charge in [-0.2, -0.15) is 0 Å². The van der Waals surface area contributed by atoms with E-state index in [0.29, 0.717) is 5.75 Å². The summed E-state index contributed by atoms with van der Waals surface area (Å²) in [5.74, 6) is -5.18. The van der Waals surface area contributed by atoms with Crippen molar-refractivity contribution in [3.05, 3.63) is 48.6 Å². The fourth-order valence-electron chi connectivity index (χ4n) is 9.68. The van der Waals surface area contributed by atoms with Gasteiger partial charge in [0.2, 0.25) is 33.9 Å². The van der Waals surface area contributed by atoms with Crippen LogP contribution in [0, 0.1) is 22.7 Å². The van der Waals surface area contributed by atoms with Crippen LogP contribution < -0.4 is 71.9 Å². The lowest BCUT2D eigenvalue weighted by molar-refractivity contribution is -0.348. The zero-order chi connectivity index (χ0) is 94.8. The minimum Gasteiger partial charge on any atom is -0.790 e. The molecule has 4 amide bonds. The van der Waals surface area contributed by atoms with E-state index >= 15 is 0 Å². The zero-order valence-corrected chi connectivity index (χ0v) is 74.9. The number of phosphoric acid groups is 6. The number of nitrogens with two attached hydrogens (primary N) is 2. The molecule has 2 saturated heterocycles. The van der Waals surface area contributed by atoms with Gasteiger partial charge in [-0.3, -0.25) is 56.2 Å². The third-order valence-corrected chi connectivity index (χ3v) is 23.8. The topological polar surface area (TPSA) is 865 Å². The number of aromatic nitrogens is 8. The monoisotopic (exact) mass is 1930 g/mol. The number of anilines is 2. The highest BCUT2D eigenvalue weighted by Crippen LogP contribution is 2.58. The molecular weight excluding hydrogens is 1830 g/mol. The lowest BCUT2D eigenvalue weighted by Crippen LogP contribution is -2.46. The van der Waals surface area contributed by atoms with Crippen molar-refractivity contribution in [2.45, 2.75) is 169 Å². The molecule has 6 heterocycles. The van der Waals surface area contributed by atoms with Crippen LogP contribution in [0.25, 0.3) is 22.3 Å². The normalized spacial score (nSPS) is 20.9. The first-order valence-corrected chi connectivity index (χ1v) is 46.8. The third kappa shape index (κ3) is 38.8. The van der Waals surface area contributed by atoms with Crippen LogP contribution in [0.4, 0.5) is 11.6 Å². The Hall–Kier alpha value is -6.54. The van der Waals surface area contributed by atoms with Gasteiger partial charge in [-0.1, -0.05) is 90.1 Å². The third-order valence-electron chi connectivity index (χ3n) is 16.0. The van der Waals surface area contributed by atoms with Crippen molar-refractivity contribution < 1.29 is 191 Å². The quantitative estimate of drug-likeness (QED) is 0.0112. The molecule has 2 fully saturated rings. The molecule has 0 bridgehead atoms. The molecule has 704 valence electrons. The Bertz CT molecular complexity index is 4660. The summed E-state index contributed by atoms with van der Waals surface area (Å²) >= 11 is 1.86. The molecule has 0 aliphatic carbocycles. The van der Waals surface area contributed by atoms with Crippen molar-refractivity contribution in [2.75, 3.05) is 75.6 Å². The number of allylic oxidation sites excluding steroid dienone is 2. The standard InChI is InChI=1S/C26H44N7O18P3S.C26H42N7O17P3S.C5H10O3.C5H8O2/c1-13(2)17(35)25(39)55-8-7-28-15(34)5-6-29-23(38)20(37)26(3,4)10-48-54(45,46)51-53(43,44)47-9-14-19(50-52(40,41)42)18(36)24(49-14)33-12-32-16-21(27)30-11-31-22(16)33;1-14(2)9-17(35)54-8-7-28-16(34)5-6-29-24(38)21(37)26(3,4)11-47-53(44,45)50-52(42,43)46-10-15-20(49-51(39,40)41)19(36)25(48-15)33-13-32-18-22(27)30-12-31-23(18)33;1-3(2)4(6)5(7)8;1-4(2)3-5(6)7/h11-14,17-20,24,35-37H,5-10H2,1-4H3,(H,28,34)(H,29,38)(H,43,44)(H,45,46)(H2,27,30,31)(H2,40,41,42);9,12-13,15,19-21,25,36-37H,5-8,10-11H2,1-4H3,(H,28,34)(H,29,38)(H,42,43)(H,44,45)(H2,27,30,31)(H2,39,40,41);3-4,6H,1-2H3,(H,7,8);3H,1-2H3,(H,6,7)/p-8/t14?,17-,18?,19?,20?,24?;;4-;/m0.0./s1. The summed E-state index contributed by atoms with van der Waals surface area (Å²) in [6, 6.07) is 0. The minimum atomic E-state index is -5.92. The van der Waals surface area contributed by atoms with Crippen LogP contribution in [-0.2, 0) is 111 Å². The molecule has 124 heavy (non-hydrogen) atoms. The molecule has 0 spiro atoms. The largest absolute Gasteiger partial charge is 0.790 e. The molecule has 2 aliphatic rings. The van der Waals surface area contributed by atoms with Crippen LogP contribution in [0.3, 0.4) is 0 Å². The molecule has 16 atom stereocenters. The van der Waals surface area contributed by atoms with Gasteiger partial charge < -0.3 is 158 Å². The van der Waals surface area contributed by atoms with Gasteiger partial charge in [-0.05, 0) is 45.6 Å². The second kappa shape index (κ2) is 49.3. The number of nitrogens with zero attached hydrogens (tertiary/aromatic N) is 8. The summed E-state index contributed by atoms with van der Waals surface area (Å²) in [6.45, 7) is 13.7. The van der Waals surface area contributed by atoms with E-state index in [1.807, 2.05) is 0 Å². The first kappa shape index (κ1) is 112. The number of aliphatic hydroxyl groups is 6. The van der Waals surface area contributed by atoms with Gasteiger partial charge >= 0.3 is 11.9 Å². The van der Waals surface area contributed by atoms with Gasteiger partial charge in [-0.25, -0.2) is 48.1 Å². The number of ether oxygens (including phenoxy) is 2. The predicted octanol–water partition coefficient (Wildman–Crippen LogP) is -5.62. The molecule has 54 nitrogen and oxygen atoms in total. The van der Waals surface area contributed by atoms with E-state index in [1.165, 1.54) is 39.8 Å². The van der Waals surface area contributed by atoms with Crippen LogP contribution in [0.5, 0.6) is 0 Å². The number of carbonyl (C=O) groups excluding carboxylic acids is 6. The van der Waals surface area contributed by atoms with Crippen molar-refractivity contribution in [3.8, 4) is 0 Å². The number of amides is 4. The number of rotatable bonds is 44. The highest BCUT2D eigenvalue weighted by atomic mass is 32.2. The number of aliphatic carboxylic acids is 2. The van der Waals surface area contributed by atoms with E-state index < -0.39 is 198 Å². The van der Waals surface area contributed by atoms with Crippen molar-refractivity contribution in [1.82, 2.24) is 60.3 Å². The summed E-state index contributed by atoms with van der Waals surface area (Å²) in [5, 5.41) is 86.0. The van der Waals surface area contributed by atoms with Gasteiger partial charge in [0, 0.05) is 67.4 Å². The number of carbonyl (C=O) groups is 8. The molecule has 4 aromatic heterocycles. The lowest BCUT2D eigenvalue weighted by Gasteiger charge is -2.36. The number of nitrogens with one attached hydrogen (secondary N) is 4. The molecule has 62 heteroatoms. The first-order valence-electron chi connectivity index (χ1n) is 36.0. The Kier molecular flexibility index (Phi) is 44.4. The number of aliphatic hydroxyl groups excluding tert-OH is 6. The molecular formula is C62H96N14O40P6S2-8. The molecule has 14 unspecified atom stereocenters. The molecule has 6 rings (SSSR count). The highest BCUT2D eigenvalue weighted by molar-refractivity contribution is 8.14. The van der Waals surface area contributed by atoms with E-state index in [-0.39, 0.29) is 95.7 Å². The van der Waals surface area contributed by atoms with Crippen LogP contribution in [-0.4, -0.2) is 251 Å². The average Bonchev–Trinajstić information content (AvgIpc) is 1.62. The van der Waals surface area contributed by atoms with Gasteiger partial charge in [0.1, 0.15) is 78.6 Å². The smallest absolute Gasteiger partial charge is 0.332 e. The molecule has 0 saturated carbocycles. The van der Waals surface area contributed by atoms with Crippen molar-refractivity contribution in [1.29, 1.82) is 0 Å². The number of thioether (sulfide) groups is 2. The molecule has 0 aromatic carbocycles. The lowest BCUT2D eigenvalue weighted by atomic mass is 9.87. The number of nitrogen functional groups attached to an aromatic ring is 2. The van der Waals surface area contributed by atoms with Gasteiger partial charge in [0.25, 0.3) is 31.3 Å². The molecule has 4 aromatic rings. The zero-order valence-electron chi connectivity index (χ0n) is 67.9. The Morgan fingerprint density at radius 2 is 0.887 bits per heavy atom. The summed E-state index contributed by atoms with van der Waals surface area (Å²) in [6.07, 6.45) is -15.0. The Labute approximate surface area is 714 Å². The van der Waals surface area contributed by atoms with E-state index in [4.69, 9.17) is 36.3 Å². The van der Waals surface area contributed by atoms with Crippen LogP contribution >= 0.6 is 70.5 Å². The second-order valence-corrected chi connectivity index (χ2v) is 39.1. The summed E-state index contributed by atoms with van der Waals surface area (Å²) in [5.41, 5.74) is 9.74. The highest BCUT2D eigenvalue weighted by Gasteiger charge is 2.50. The fourth-order valence-corrected chi connectivity index (χ4v) is 16.7. The van der Waals surface area contributed by atoms with E-state index in [0.717, 1.165) is 69.1 Å². The Balaban J connectivity index is 0.000000547. The number of imidazole rings is 2. The average molecular weight is 1930 g/mol. The van der Waals surface area contributed by atoms with E-state index in [9.17, 15) is 130 Å². The molecule has 2 aliphatic heterocycles. The van der Waals surface area contributed by atoms with Crippen molar-refractivity contribution >= 4 is 150 Å². The number of carboxylic acids is 2. The molecule has 0 radical (unpaired) electrons. The number of fused-ring (bicyclic) bond motifs is 2. The number of hydrogen-bond acceptors (Lipinski definition) is 48. The Morgan fingerprint density at radius 3 is 1.20 bits per heavy atom. The van der Waals surface area contributed by atoms with Crippen molar-refractivity contribution in [2.24, 2.45) is 22.7 Å². The van der Waals surface area contributed by atoms with Crippen LogP contribution in [0.15, 0.2) is 48.6 Å². The maximum atomic E-state index is 12.5. The maximum Gasteiger partial charge on any atom is 0.332 e. The Morgan fingerprint density at radius 1 is 0.532 bits per heavy atom. The first-order chi connectivity index (χ1) is 56.9. The predicted molar refractivity (Wildman–Crippen MR) is 412 cm³/mol. The number of carboxylic acid groups (broad SMARTS) is 2. The summed E-state index contributed by atoms with van der Waals surface area (Å²) in [7, 11) is -35.2. The summed E-state index contributed by atoms with van der Waals surface area (Å²) in [4.78, 5) is 211. The van der Waals surface area contributed by atoms with Crippen molar-refractivity contribution in [3.63, 3.8) is 0 Å². The van der Waals surface area contributed by atoms with Gasteiger partial charge in [0.05, 0.1) is 54.7 Å². The SMILES string of the molecule is CC(C)=CC(=O)O.CC(C)=CC(=O)SCCNC(=O)CCNC(=O)C(O)C(C)(C)COP(=O)([O-])OP(=O)([O-])OCC1OC(n2cnc3c(N)ncnc32)C(O)C1OP(=O)([O-])[O-].CC(C)[C@H](O)C(=O)O.CC(C)[C@H](O)C(=O)SCCNC(=O)CCNC(=O)C(O)C(C)(C)COP(=O)([O-])OP(=O)([O-])OCC1OC(n2cnc3c(N)ncnc32)C(O)C1OP(=O)([O-])[O-]. The van der Waals surface area contributed by atoms with Crippen LogP contribution in [0.2, 0.25) is 0 Å². The number of phosphoric ester groups is 6. The maximum absolute atomic E-state index is 12.5.